The molecule has 1 amide bonds. The molecule has 0 fully saturated rings. The van der Waals surface area contributed by atoms with Crippen LogP contribution >= 0.6 is 21.6 Å². The molecule has 1 atom stereocenters. The molecule has 1 aromatic heterocycles. The molecule has 1 aromatic rings. The predicted molar refractivity (Wildman–Crippen MR) is 61.2 cm³/mol. The highest BCUT2D eigenvalue weighted by molar-refractivity contribution is 8.77. The first-order valence-corrected chi connectivity index (χ1v) is 6.41. The second-order valence-electron chi connectivity index (χ2n) is 2.60. The fourth-order valence-corrected chi connectivity index (χ4v) is 2.74. The molecule has 0 radical (unpaired) electrons. The van der Waals surface area contributed by atoms with Gasteiger partial charge in [-0.05, 0) is 29.9 Å². The van der Waals surface area contributed by atoms with Crippen molar-refractivity contribution in [2.45, 2.75) is 17.2 Å². The summed E-state index contributed by atoms with van der Waals surface area (Å²) in [5.74, 6) is 0.0402. The third-order valence-corrected chi connectivity index (χ3v) is 4.21. The van der Waals surface area contributed by atoms with Crippen molar-refractivity contribution in [3.8, 4) is 0 Å². The van der Waals surface area contributed by atoms with E-state index in [4.69, 9.17) is 0 Å². The Morgan fingerprint density at radius 2 is 2.36 bits per heavy atom. The third-order valence-electron chi connectivity index (χ3n) is 1.53. The van der Waals surface area contributed by atoms with E-state index in [9.17, 15) is 4.79 Å². The Kier molecular flexibility index (Phi) is 4.82. The lowest BCUT2D eigenvalue weighted by atomic mass is 10.4. The highest BCUT2D eigenvalue weighted by atomic mass is 33.1. The fraction of sp³-hybridized carbons (Fsp3) is 0.333. The SMILES string of the molecule is CNC(=O)C(C)SSc1ccccn1. The van der Waals surface area contributed by atoms with Crippen molar-refractivity contribution in [1.82, 2.24) is 10.3 Å². The van der Waals surface area contributed by atoms with Gasteiger partial charge in [-0.15, -0.1) is 0 Å². The number of hydrogen-bond donors (Lipinski definition) is 1. The van der Waals surface area contributed by atoms with Crippen molar-refractivity contribution in [3.63, 3.8) is 0 Å². The summed E-state index contributed by atoms with van der Waals surface area (Å²) in [6.07, 6.45) is 1.74. The molecule has 1 heterocycles. The summed E-state index contributed by atoms with van der Waals surface area (Å²) in [4.78, 5) is 15.3. The van der Waals surface area contributed by atoms with Gasteiger partial charge >= 0.3 is 0 Å². The molecule has 1 N–H and O–H groups in total. The van der Waals surface area contributed by atoms with Gasteiger partial charge in [0.05, 0.1) is 5.25 Å². The summed E-state index contributed by atoms with van der Waals surface area (Å²) in [7, 11) is 4.66. The van der Waals surface area contributed by atoms with E-state index in [1.54, 1.807) is 13.2 Å². The largest absolute Gasteiger partial charge is 0.358 e. The minimum absolute atomic E-state index is 0.0402. The maximum Gasteiger partial charge on any atom is 0.233 e. The highest BCUT2D eigenvalue weighted by Gasteiger charge is 2.11. The van der Waals surface area contributed by atoms with E-state index in [-0.39, 0.29) is 11.2 Å². The van der Waals surface area contributed by atoms with Crippen molar-refractivity contribution >= 4 is 27.5 Å². The molecular weight excluding hydrogens is 216 g/mol. The van der Waals surface area contributed by atoms with Crippen LogP contribution < -0.4 is 5.32 Å². The molecule has 0 aromatic carbocycles. The van der Waals surface area contributed by atoms with Crippen molar-refractivity contribution in [1.29, 1.82) is 0 Å². The summed E-state index contributed by atoms with van der Waals surface area (Å²) in [6, 6.07) is 5.73. The Morgan fingerprint density at radius 1 is 1.57 bits per heavy atom. The van der Waals surface area contributed by atoms with E-state index in [0.717, 1.165) is 5.03 Å². The molecule has 1 unspecified atom stereocenters. The average Bonchev–Trinajstić information content (AvgIpc) is 2.26. The summed E-state index contributed by atoms with van der Waals surface area (Å²) in [6.45, 7) is 1.87. The first-order valence-electron chi connectivity index (χ1n) is 4.20. The van der Waals surface area contributed by atoms with Gasteiger partial charge < -0.3 is 5.32 Å². The lowest BCUT2D eigenvalue weighted by molar-refractivity contribution is -0.119. The van der Waals surface area contributed by atoms with Crippen molar-refractivity contribution < 1.29 is 4.79 Å². The standard InChI is InChI=1S/C9H12N2OS2/c1-7(9(12)10-2)13-14-8-5-3-4-6-11-8/h3-7H,1-2H3,(H,10,12). The van der Waals surface area contributed by atoms with Crippen LogP contribution in [0.15, 0.2) is 29.4 Å². The minimum Gasteiger partial charge on any atom is -0.358 e. The van der Waals surface area contributed by atoms with Crippen molar-refractivity contribution in [2.75, 3.05) is 7.05 Å². The number of rotatable bonds is 4. The van der Waals surface area contributed by atoms with Crippen LogP contribution in [0.5, 0.6) is 0 Å². The van der Waals surface area contributed by atoms with Gasteiger partial charge in [0.1, 0.15) is 5.03 Å². The molecule has 5 heteroatoms. The summed E-state index contributed by atoms with van der Waals surface area (Å²) < 4.78 is 0. The van der Waals surface area contributed by atoms with Crippen LogP contribution in [-0.2, 0) is 4.79 Å². The predicted octanol–water partition coefficient (Wildman–Crippen LogP) is 1.96. The number of hydrogen-bond acceptors (Lipinski definition) is 4. The lowest BCUT2D eigenvalue weighted by Crippen LogP contribution is -2.26. The molecule has 0 bridgehead atoms. The van der Waals surface area contributed by atoms with E-state index in [2.05, 4.69) is 10.3 Å². The zero-order valence-corrected chi connectivity index (χ0v) is 9.69. The molecule has 14 heavy (non-hydrogen) atoms. The maximum atomic E-state index is 11.2. The van der Waals surface area contributed by atoms with Crippen LogP contribution in [0.25, 0.3) is 0 Å². The Balaban J connectivity index is 2.38. The van der Waals surface area contributed by atoms with Crippen molar-refractivity contribution in [2.24, 2.45) is 0 Å². The molecule has 0 aliphatic rings. The Labute approximate surface area is 91.5 Å². The Hall–Kier alpha value is -0.680. The zero-order valence-electron chi connectivity index (χ0n) is 8.06. The molecule has 0 saturated heterocycles. The smallest absolute Gasteiger partial charge is 0.233 e. The molecule has 0 spiro atoms. The van der Waals surface area contributed by atoms with Gasteiger partial charge in [0, 0.05) is 13.2 Å². The number of carbonyl (C=O) groups excluding carboxylic acids is 1. The monoisotopic (exact) mass is 228 g/mol. The second-order valence-corrected chi connectivity index (χ2v) is 5.17. The zero-order chi connectivity index (χ0) is 10.4. The second kappa shape index (κ2) is 5.93. The van der Waals surface area contributed by atoms with E-state index in [1.165, 1.54) is 21.6 Å². The number of pyridine rings is 1. The normalized spacial score (nSPS) is 12.1. The number of nitrogens with zero attached hydrogens (tertiary/aromatic N) is 1. The molecule has 0 aliphatic carbocycles. The fourth-order valence-electron chi connectivity index (χ4n) is 0.765. The van der Waals surface area contributed by atoms with Crippen LogP contribution in [0.4, 0.5) is 0 Å². The van der Waals surface area contributed by atoms with Gasteiger partial charge in [0.15, 0.2) is 0 Å². The topological polar surface area (TPSA) is 42.0 Å². The summed E-state index contributed by atoms with van der Waals surface area (Å²) >= 11 is 0. The van der Waals surface area contributed by atoms with Crippen LogP contribution in [0.3, 0.4) is 0 Å². The van der Waals surface area contributed by atoms with Crippen LogP contribution in [-0.4, -0.2) is 23.2 Å². The third kappa shape index (κ3) is 3.59. The van der Waals surface area contributed by atoms with Gasteiger partial charge in [0.2, 0.25) is 5.91 Å². The van der Waals surface area contributed by atoms with E-state index in [1.807, 2.05) is 25.1 Å². The van der Waals surface area contributed by atoms with Gasteiger partial charge in [-0.2, -0.15) is 0 Å². The number of nitrogens with one attached hydrogen (secondary N) is 1. The number of amides is 1. The number of aromatic nitrogens is 1. The summed E-state index contributed by atoms with van der Waals surface area (Å²) in [5.41, 5.74) is 0. The van der Waals surface area contributed by atoms with E-state index < -0.39 is 0 Å². The van der Waals surface area contributed by atoms with Crippen LogP contribution in [0.2, 0.25) is 0 Å². The van der Waals surface area contributed by atoms with E-state index >= 15 is 0 Å². The minimum atomic E-state index is -0.0630. The molecular formula is C9H12N2OS2. The lowest BCUT2D eigenvalue weighted by Gasteiger charge is -2.07. The van der Waals surface area contributed by atoms with Gasteiger partial charge in [-0.25, -0.2) is 4.98 Å². The first-order chi connectivity index (χ1) is 6.74. The maximum absolute atomic E-state index is 11.2. The molecule has 0 aliphatic heterocycles. The van der Waals surface area contributed by atoms with Crippen LogP contribution in [0.1, 0.15) is 6.92 Å². The highest BCUT2D eigenvalue weighted by Crippen LogP contribution is 2.32. The number of carbonyl (C=O) groups is 1. The van der Waals surface area contributed by atoms with Crippen molar-refractivity contribution in [3.05, 3.63) is 24.4 Å². The first kappa shape index (κ1) is 11.4. The quantitative estimate of drug-likeness (QED) is 0.800. The Bertz CT molecular complexity index is 292. The van der Waals surface area contributed by atoms with Crippen LogP contribution in [0, 0.1) is 0 Å². The molecule has 76 valence electrons. The van der Waals surface area contributed by atoms with Gasteiger partial charge in [-0.1, -0.05) is 16.9 Å². The van der Waals surface area contributed by atoms with E-state index in [0.29, 0.717) is 0 Å². The van der Waals surface area contributed by atoms with Gasteiger partial charge in [0.25, 0.3) is 0 Å². The molecule has 0 saturated carbocycles. The molecule has 3 nitrogen and oxygen atoms in total. The molecule has 1 rings (SSSR count). The van der Waals surface area contributed by atoms with Gasteiger partial charge in [-0.3, -0.25) is 4.79 Å². The Morgan fingerprint density at radius 3 is 2.93 bits per heavy atom. The average molecular weight is 228 g/mol. The summed E-state index contributed by atoms with van der Waals surface area (Å²) in [5, 5.41) is 3.47.